The second-order valence-corrected chi connectivity index (χ2v) is 7.29. The van der Waals surface area contributed by atoms with E-state index in [0.29, 0.717) is 6.42 Å². The number of rotatable bonds is 7. The van der Waals surface area contributed by atoms with Gasteiger partial charge in [-0.15, -0.1) is 19.0 Å². The van der Waals surface area contributed by atoms with E-state index in [1.54, 1.807) is 18.2 Å². The average molecular weight is 388 g/mol. The molecule has 1 heterocycles. The maximum Gasteiger partial charge on any atom is 0.115 e. The number of piperidine rings is 1. The highest BCUT2D eigenvalue weighted by Crippen LogP contribution is 2.41. The van der Waals surface area contributed by atoms with Crippen LogP contribution in [0.2, 0.25) is 0 Å². The summed E-state index contributed by atoms with van der Waals surface area (Å²) < 4.78 is 0. The Hall–Kier alpha value is -1.81. The molecule has 1 aliphatic rings. The highest BCUT2D eigenvalue weighted by molar-refractivity contribution is 5.85. The molecule has 0 amide bonds. The molecule has 0 aromatic heterocycles. The van der Waals surface area contributed by atoms with Gasteiger partial charge < -0.3 is 15.1 Å². The van der Waals surface area contributed by atoms with Crippen molar-refractivity contribution in [1.82, 2.24) is 4.90 Å². The SMILES string of the molecule is C=CCC(O)(c1ccc(O)cc1)C(CN1CCCCC1)c1ccccc1.Cl. The molecule has 0 aliphatic carbocycles. The zero-order chi connectivity index (χ0) is 18.4. The van der Waals surface area contributed by atoms with E-state index in [-0.39, 0.29) is 24.1 Å². The van der Waals surface area contributed by atoms with Gasteiger partial charge >= 0.3 is 0 Å². The van der Waals surface area contributed by atoms with Gasteiger partial charge in [0.1, 0.15) is 11.4 Å². The fraction of sp³-hybridized carbons (Fsp3) is 0.391. The molecule has 1 aliphatic heterocycles. The molecule has 27 heavy (non-hydrogen) atoms. The third-order valence-electron chi connectivity index (χ3n) is 5.49. The fourth-order valence-corrected chi connectivity index (χ4v) is 4.05. The third-order valence-corrected chi connectivity index (χ3v) is 5.49. The Kier molecular flexibility index (Phi) is 7.91. The molecule has 3 nitrogen and oxygen atoms in total. The van der Waals surface area contributed by atoms with E-state index in [2.05, 4.69) is 23.6 Å². The number of benzene rings is 2. The molecule has 0 spiro atoms. The number of halogens is 1. The van der Waals surface area contributed by atoms with E-state index in [1.165, 1.54) is 19.3 Å². The predicted molar refractivity (Wildman–Crippen MR) is 114 cm³/mol. The van der Waals surface area contributed by atoms with Crippen LogP contribution < -0.4 is 0 Å². The Morgan fingerprint density at radius 3 is 2.22 bits per heavy atom. The van der Waals surface area contributed by atoms with Gasteiger partial charge in [-0.25, -0.2) is 0 Å². The first-order valence-corrected chi connectivity index (χ1v) is 9.53. The number of aliphatic hydroxyl groups is 1. The van der Waals surface area contributed by atoms with Crippen molar-refractivity contribution in [1.29, 1.82) is 0 Å². The largest absolute Gasteiger partial charge is 0.508 e. The molecule has 1 fully saturated rings. The second-order valence-electron chi connectivity index (χ2n) is 7.29. The first-order valence-electron chi connectivity index (χ1n) is 9.53. The van der Waals surface area contributed by atoms with Crippen LogP contribution >= 0.6 is 12.4 Å². The van der Waals surface area contributed by atoms with Crippen molar-refractivity contribution in [2.24, 2.45) is 0 Å². The van der Waals surface area contributed by atoms with E-state index < -0.39 is 5.60 Å². The van der Waals surface area contributed by atoms with E-state index in [4.69, 9.17) is 0 Å². The van der Waals surface area contributed by atoms with Crippen LogP contribution in [0.3, 0.4) is 0 Å². The van der Waals surface area contributed by atoms with Crippen molar-refractivity contribution in [3.05, 3.63) is 78.4 Å². The number of phenols is 1. The van der Waals surface area contributed by atoms with Gasteiger partial charge in [0.15, 0.2) is 0 Å². The molecule has 2 unspecified atom stereocenters. The van der Waals surface area contributed by atoms with Crippen LogP contribution in [0.5, 0.6) is 5.75 Å². The van der Waals surface area contributed by atoms with Crippen LogP contribution in [0.25, 0.3) is 0 Å². The van der Waals surface area contributed by atoms with E-state index in [1.807, 2.05) is 30.3 Å². The van der Waals surface area contributed by atoms with E-state index in [0.717, 1.165) is 30.8 Å². The van der Waals surface area contributed by atoms with Gasteiger partial charge in [-0.3, -0.25) is 0 Å². The van der Waals surface area contributed by atoms with Gasteiger partial charge in [-0.2, -0.15) is 0 Å². The molecule has 146 valence electrons. The summed E-state index contributed by atoms with van der Waals surface area (Å²) in [7, 11) is 0. The Morgan fingerprint density at radius 1 is 1.00 bits per heavy atom. The molecule has 2 aromatic rings. The summed E-state index contributed by atoms with van der Waals surface area (Å²) in [5.41, 5.74) is 0.894. The summed E-state index contributed by atoms with van der Waals surface area (Å²) in [4.78, 5) is 2.47. The summed E-state index contributed by atoms with van der Waals surface area (Å²) in [6.45, 7) is 6.88. The van der Waals surface area contributed by atoms with Crippen molar-refractivity contribution >= 4 is 12.4 Å². The van der Waals surface area contributed by atoms with Crippen LogP contribution in [0.4, 0.5) is 0 Å². The molecule has 4 heteroatoms. The summed E-state index contributed by atoms with van der Waals surface area (Å²) in [6, 6.07) is 17.2. The lowest BCUT2D eigenvalue weighted by atomic mass is 9.74. The topological polar surface area (TPSA) is 43.7 Å². The van der Waals surface area contributed by atoms with E-state index in [9.17, 15) is 10.2 Å². The van der Waals surface area contributed by atoms with Crippen LogP contribution in [-0.2, 0) is 5.60 Å². The van der Waals surface area contributed by atoms with Gasteiger partial charge in [0.2, 0.25) is 0 Å². The molecule has 2 N–H and O–H groups in total. The first-order chi connectivity index (χ1) is 12.6. The first kappa shape index (κ1) is 21.5. The lowest BCUT2D eigenvalue weighted by molar-refractivity contribution is -0.00430. The summed E-state index contributed by atoms with van der Waals surface area (Å²) in [5, 5.41) is 21.5. The molecule has 0 radical (unpaired) electrons. The van der Waals surface area contributed by atoms with Crippen LogP contribution in [0.1, 0.15) is 42.7 Å². The molecule has 3 rings (SSSR count). The van der Waals surface area contributed by atoms with Crippen molar-refractivity contribution < 1.29 is 10.2 Å². The molecule has 2 aromatic carbocycles. The lowest BCUT2D eigenvalue weighted by Crippen LogP contribution is -2.42. The number of nitrogens with zero attached hydrogens (tertiary/aromatic N) is 1. The molecular formula is C23H30ClNO2. The van der Waals surface area contributed by atoms with Crippen molar-refractivity contribution in [3.63, 3.8) is 0 Å². The van der Waals surface area contributed by atoms with Gasteiger partial charge in [-0.1, -0.05) is 55.0 Å². The minimum absolute atomic E-state index is 0. The summed E-state index contributed by atoms with van der Waals surface area (Å²) in [6.07, 6.45) is 5.99. The van der Waals surface area contributed by atoms with Crippen LogP contribution in [0, 0.1) is 0 Å². The van der Waals surface area contributed by atoms with Gasteiger partial charge in [0.05, 0.1) is 0 Å². The minimum atomic E-state index is -1.06. The maximum absolute atomic E-state index is 11.8. The number of hydrogen-bond donors (Lipinski definition) is 2. The average Bonchev–Trinajstić information content (AvgIpc) is 2.68. The van der Waals surface area contributed by atoms with Crippen molar-refractivity contribution in [2.75, 3.05) is 19.6 Å². The summed E-state index contributed by atoms with van der Waals surface area (Å²) >= 11 is 0. The van der Waals surface area contributed by atoms with Gasteiger partial charge in [0, 0.05) is 12.5 Å². The summed E-state index contributed by atoms with van der Waals surface area (Å²) in [5.74, 6) is 0.145. The standard InChI is InChI=1S/C23H29NO2.ClH/c1-2-15-23(26,20-11-13-21(25)14-12-20)22(19-9-5-3-6-10-19)18-24-16-7-4-8-17-24;/h2-3,5-6,9-14,22,25-26H,1,4,7-8,15-18H2;1H. The Balaban J connectivity index is 0.00000261. The number of aromatic hydroxyl groups is 1. The van der Waals surface area contributed by atoms with E-state index >= 15 is 0 Å². The van der Waals surface area contributed by atoms with Crippen LogP contribution in [-0.4, -0.2) is 34.7 Å². The van der Waals surface area contributed by atoms with Crippen molar-refractivity contribution in [2.45, 2.75) is 37.2 Å². The lowest BCUT2D eigenvalue weighted by Gasteiger charge is -2.40. The van der Waals surface area contributed by atoms with Gasteiger partial charge in [-0.05, 0) is 55.6 Å². The minimum Gasteiger partial charge on any atom is -0.508 e. The maximum atomic E-state index is 11.8. The second kappa shape index (κ2) is 9.93. The molecule has 0 bridgehead atoms. The van der Waals surface area contributed by atoms with Gasteiger partial charge in [0.25, 0.3) is 0 Å². The zero-order valence-corrected chi connectivity index (χ0v) is 16.6. The van der Waals surface area contributed by atoms with Crippen molar-refractivity contribution in [3.8, 4) is 5.75 Å². The highest BCUT2D eigenvalue weighted by Gasteiger charge is 2.39. The highest BCUT2D eigenvalue weighted by atomic mass is 35.5. The molecular weight excluding hydrogens is 358 g/mol. The Bertz CT molecular complexity index is 698. The Labute approximate surface area is 168 Å². The number of hydrogen-bond acceptors (Lipinski definition) is 3. The normalized spacial score (nSPS) is 18.1. The molecule has 2 atom stereocenters. The predicted octanol–water partition coefficient (Wildman–Crippen LogP) is 4.85. The monoisotopic (exact) mass is 387 g/mol. The third kappa shape index (κ3) is 5.13. The smallest absolute Gasteiger partial charge is 0.115 e. The number of likely N-dealkylation sites (tertiary alicyclic amines) is 1. The molecule has 0 saturated carbocycles. The zero-order valence-electron chi connectivity index (χ0n) is 15.8. The molecule has 1 saturated heterocycles. The Morgan fingerprint density at radius 2 is 1.63 bits per heavy atom. The fourth-order valence-electron chi connectivity index (χ4n) is 4.05. The quantitative estimate of drug-likeness (QED) is 0.667. The van der Waals surface area contributed by atoms with Crippen LogP contribution in [0.15, 0.2) is 67.3 Å². The number of phenolic OH excluding ortho intramolecular Hbond substituents is 1.